The molecule has 0 aliphatic carbocycles. The molecule has 4 N–H and O–H groups in total. The topological polar surface area (TPSA) is 92.8 Å². The summed E-state index contributed by atoms with van der Waals surface area (Å²) >= 11 is 0. The van der Waals surface area contributed by atoms with Crippen molar-refractivity contribution >= 4 is 5.97 Å². The largest absolute Gasteiger partial charge is 0.494 e. The molecule has 1 aromatic carbocycles. The SMILES string of the molecule is COc1ccc(C(O)C(N)C(=O)O)cc1F. The number of aliphatic hydroxyl groups excluding tert-OH is 1. The quantitative estimate of drug-likeness (QED) is 0.689. The Morgan fingerprint density at radius 2 is 2.19 bits per heavy atom. The third-order valence-electron chi connectivity index (χ3n) is 2.14. The molecule has 0 radical (unpaired) electrons. The molecule has 6 heteroatoms. The van der Waals surface area contributed by atoms with Crippen LogP contribution in [0.15, 0.2) is 18.2 Å². The molecule has 0 aliphatic rings. The molecule has 0 aromatic heterocycles. The fourth-order valence-electron chi connectivity index (χ4n) is 1.21. The Bertz CT molecular complexity index is 396. The molecular weight excluding hydrogens is 217 g/mol. The van der Waals surface area contributed by atoms with Crippen molar-refractivity contribution in [3.63, 3.8) is 0 Å². The van der Waals surface area contributed by atoms with Crippen LogP contribution in [0.1, 0.15) is 11.7 Å². The van der Waals surface area contributed by atoms with Crippen molar-refractivity contribution in [3.8, 4) is 5.75 Å². The van der Waals surface area contributed by atoms with Crippen LogP contribution >= 0.6 is 0 Å². The number of carboxylic acids is 1. The van der Waals surface area contributed by atoms with Gasteiger partial charge >= 0.3 is 5.97 Å². The van der Waals surface area contributed by atoms with E-state index >= 15 is 0 Å². The van der Waals surface area contributed by atoms with Crippen LogP contribution in [0.4, 0.5) is 4.39 Å². The molecule has 0 amide bonds. The van der Waals surface area contributed by atoms with Crippen LogP contribution in [0, 0.1) is 5.82 Å². The zero-order valence-electron chi connectivity index (χ0n) is 8.55. The van der Waals surface area contributed by atoms with Crippen molar-refractivity contribution in [2.24, 2.45) is 5.73 Å². The summed E-state index contributed by atoms with van der Waals surface area (Å²) in [6, 6.07) is 2.15. The minimum atomic E-state index is -1.49. The third-order valence-corrected chi connectivity index (χ3v) is 2.14. The highest BCUT2D eigenvalue weighted by Gasteiger charge is 2.24. The molecule has 88 valence electrons. The molecular formula is C10H12FNO4. The minimum absolute atomic E-state index is 0.0137. The summed E-state index contributed by atoms with van der Waals surface area (Å²) in [4.78, 5) is 10.5. The summed E-state index contributed by atoms with van der Waals surface area (Å²) in [5.74, 6) is -2.03. The van der Waals surface area contributed by atoms with Crippen molar-refractivity contribution in [1.82, 2.24) is 0 Å². The Hall–Kier alpha value is -1.66. The van der Waals surface area contributed by atoms with Gasteiger partial charge < -0.3 is 20.7 Å². The average molecular weight is 229 g/mol. The number of carbonyl (C=O) groups is 1. The van der Waals surface area contributed by atoms with E-state index in [1.54, 1.807) is 0 Å². The van der Waals surface area contributed by atoms with Crippen molar-refractivity contribution in [2.75, 3.05) is 7.11 Å². The number of aliphatic hydroxyl groups is 1. The highest BCUT2D eigenvalue weighted by molar-refractivity contribution is 5.74. The maximum absolute atomic E-state index is 13.3. The van der Waals surface area contributed by atoms with Gasteiger partial charge in [-0.2, -0.15) is 0 Å². The number of hydrogen-bond donors (Lipinski definition) is 3. The Morgan fingerprint density at radius 1 is 1.56 bits per heavy atom. The zero-order valence-corrected chi connectivity index (χ0v) is 8.55. The maximum atomic E-state index is 13.3. The van der Waals surface area contributed by atoms with Gasteiger partial charge in [-0.15, -0.1) is 0 Å². The molecule has 0 bridgehead atoms. The van der Waals surface area contributed by atoms with E-state index in [0.717, 1.165) is 6.07 Å². The number of hydrogen-bond acceptors (Lipinski definition) is 4. The van der Waals surface area contributed by atoms with E-state index in [1.807, 2.05) is 0 Å². The van der Waals surface area contributed by atoms with Crippen LogP contribution in [-0.4, -0.2) is 29.3 Å². The Morgan fingerprint density at radius 3 is 2.62 bits per heavy atom. The van der Waals surface area contributed by atoms with E-state index in [-0.39, 0.29) is 11.3 Å². The number of nitrogens with two attached hydrogens (primary N) is 1. The van der Waals surface area contributed by atoms with Crippen LogP contribution < -0.4 is 10.5 Å². The molecule has 0 spiro atoms. The van der Waals surface area contributed by atoms with E-state index in [2.05, 4.69) is 4.74 Å². The summed E-state index contributed by atoms with van der Waals surface area (Å²) in [6.45, 7) is 0. The van der Waals surface area contributed by atoms with Crippen molar-refractivity contribution in [1.29, 1.82) is 0 Å². The second-order valence-corrected chi connectivity index (χ2v) is 3.20. The summed E-state index contributed by atoms with van der Waals surface area (Å²) in [5.41, 5.74) is 5.30. The number of benzene rings is 1. The molecule has 0 saturated heterocycles. The first kappa shape index (κ1) is 12.4. The van der Waals surface area contributed by atoms with Crippen molar-refractivity contribution in [3.05, 3.63) is 29.6 Å². The summed E-state index contributed by atoms with van der Waals surface area (Å²) in [7, 11) is 1.30. The normalized spacial score (nSPS) is 14.2. The predicted molar refractivity (Wildman–Crippen MR) is 53.5 cm³/mol. The van der Waals surface area contributed by atoms with Gasteiger partial charge in [0, 0.05) is 0 Å². The van der Waals surface area contributed by atoms with Gasteiger partial charge in [-0.1, -0.05) is 6.07 Å². The monoisotopic (exact) mass is 229 g/mol. The Labute approximate surface area is 91.3 Å². The van der Waals surface area contributed by atoms with Gasteiger partial charge in [0.05, 0.1) is 7.11 Å². The number of carboxylic acid groups (broad SMARTS) is 1. The van der Waals surface area contributed by atoms with Gasteiger partial charge in [0.2, 0.25) is 0 Å². The number of methoxy groups -OCH3 is 1. The molecule has 2 atom stereocenters. The van der Waals surface area contributed by atoms with Crippen molar-refractivity contribution in [2.45, 2.75) is 12.1 Å². The molecule has 5 nitrogen and oxygen atoms in total. The Balaban J connectivity index is 2.97. The molecule has 1 aromatic rings. The molecule has 0 fully saturated rings. The van der Waals surface area contributed by atoms with Gasteiger partial charge in [-0.3, -0.25) is 4.79 Å². The van der Waals surface area contributed by atoms with Crippen LogP contribution in [-0.2, 0) is 4.79 Å². The van der Waals surface area contributed by atoms with Gasteiger partial charge in [0.25, 0.3) is 0 Å². The molecule has 0 aliphatic heterocycles. The first-order valence-corrected chi connectivity index (χ1v) is 4.47. The first-order valence-electron chi connectivity index (χ1n) is 4.47. The molecule has 2 unspecified atom stereocenters. The predicted octanol–water partition coefficient (Wildman–Crippen LogP) is 0.280. The maximum Gasteiger partial charge on any atom is 0.323 e. The van der Waals surface area contributed by atoms with E-state index in [1.165, 1.54) is 19.2 Å². The fourth-order valence-corrected chi connectivity index (χ4v) is 1.21. The van der Waals surface area contributed by atoms with Crippen molar-refractivity contribution < 1.29 is 24.1 Å². The molecule has 16 heavy (non-hydrogen) atoms. The van der Waals surface area contributed by atoms with Crippen LogP contribution in [0.25, 0.3) is 0 Å². The zero-order chi connectivity index (χ0) is 12.3. The van der Waals surface area contributed by atoms with Crippen LogP contribution in [0.5, 0.6) is 5.75 Å². The minimum Gasteiger partial charge on any atom is -0.494 e. The summed E-state index contributed by atoms with van der Waals surface area (Å²) in [5, 5.41) is 18.1. The smallest absolute Gasteiger partial charge is 0.323 e. The highest BCUT2D eigenvalue weighted by Crippen LogP contribution is 2.23. The third kappa shape index (κ3) is 2.47. The standard InChI is InChI=1S/C10H12FNO4/c1-16-7-3-2-5(4-6(7)11)9(13)8(12)10(14)15/h2-4,8-9,13H,12H2,1H3,(H,14,15). The number of ether oxygens (including phenoxy) is 1. The van der Waals surface area contributed by atoms with Gasteiger partial charge in [-0.05, 0) is 17.7 Å². The molecule has 0 heterocycles. The molecule has 1 rings (SSSR count). The number of aliphatic carboxylic acids is 1. The van der Waals surface area contributed by atoms with E-state index < -0.39 is 23.9 Å². The lowest BCUT2D eigenvalue weighted by molar-refractivity contribution is -0.141. The van der Waals surface area contributed by atoms with Crippen LogP contribution in [0.3, 0.4) is 0 Å². The summed E-state index contributed by atoms with van der Waals surface area (Å²) < 4.78 is 17.9. The second-order valence-electron chi connectivity index (χ2n) is 3.20. The number of rotatable bonds is 4. The first-order chi connectivity index (χ1) is 7.47. The lowest BCUT2D eigenvalue weighted by Crippen LogP contribution is -2.36. The lowest BCUT2D eigenvalue weighted by Gasteiger charge is -2.15. The van der Waals surface area contributed by atoms with E-state index in [9.17, 15) is 14.3 Å². The summed E-state index contributed by atoms with van der Waals surface area (Å²) in [6.07, 6.45) is -1.46. The highest BCUT2D eigenvalue weighted by atomic mass is 19.1. The lowest BCUT2D eigenvalue weighted by atomic mass is 10.0. The average Bonchev–Trinajstić information content (AvgIpc) is 2.26. The van der Waals surface area contributed by atoms with Gasteiger partial charge in [0.1, 0.15) is 12.1 Å². The van der Waals surface area contributed by atoms with Gasteiger partial charge in [-0.25, -0.2) is 4.39 Å². The fraction of sp³-hybridized carbons (Fsp3) is 0.300. The van der Waals surface area contributed by atoms with Gasteiger partial charge in [0.15, 0.2) is 11.6 Å². The van der Waals surface area contributed by atoms with E-state index in [4.69, 9.17) is 10.8 Å². The van der Waals surface area contributed by atoms with E-state index in [0.29, 0.717) is 0 Å². The van der Waals surface area contributed by atoms with Crippen LogP contribution in [0.2, 0.25) is 0 Å². The Kier molecular flexibility index (Phi) is 3.81. The second kappa shape index (κ2) is 4.91. The molecule has 0 saturated carbocycles. The number of halogens is 1.